The van der Waals surface area contributed by atoms with Gasteiger partial charge >= 0.3 is 0 Å². The van der Waals surface area contributed by atoms with Crippen LogP contribution in [-0.2, 0) is 12.5 Å². The summed E-state index contributed by atoms with van der Waals surface area (Å²) in [5.74, 6) is 0. The summed E-state index contributed by atoms with van der Waals surface area (Å²) in [5, 5.41) is 0. The van der Waals surface area contributed by atoms with Crippen molar-refractivity contribution in [1.29, 1.82) is 0 Å². The van der Waals surface area contributed by atoms with Gasteiger partial charge in [-0.15, -0.1) is 0 Å². The number of benzene rings is 2. The molecule has 4 aromatic rings. The number of hydrogen-bond acceptors (Lipinski definition) is 1. The molecule has 0 saturated heterocycles. The monoisotopic (exact) mass is 417 g/mol. The zero-order valence-corrected chi connectivity index (χ0v) is 19.2. The van der Waals surface area contributed by atoms with Crippen molar-refractivity contribution in [2.75, 3.05) is 0 Å². The largest absolute Gasteiger partial charge is 0.257 e. The summed E-state index contributed by atoms with van der Waals surface area (Å²) in [7, 11) is 2.15. The molecule has 0 amide bonds. The second-order valence-electron chi connectivity index (χ2n) is 9.63. The molecule has 0 unspecified atom stereocenters. The molecule has 2 aliphatic carbocycles. The van der Waals surface area contributed by atoms with Crippen molar-refractivity contribution < 1.29 is 4.57 Å². The fourth-order valence-electron chi connectivity index (χ4n) is 6.00. The van der Waals surface area contributed by atoms with E-state index in [1.807, 2.05) is 0 Å². The summed E-state index contributed by atoms with van der Waals surface area (Å²) in [6.07, 6.45) is 7.22. The molecule has 0 bridgehead atoms. The minimum atomic E-state index is 0.119. The Hall–Kier alpha value is -3.26. The van der Waals surface area contributed by atoms with Crippen molar-refractivity contribution in [3.63, 3.8) is 0 Å². The van der Waals surface area contributed by atoms with Crippen LogP contribution in [0.5, 0.6) is 0 Å². The Balaban J connectivity index is 1.56. The molecule has 158 valence electrons. The Morgan fingerprint density at radius 3 is 2.34 bits per heavy atom. The van der Waals surface area contributed by atoms with E-state index in [1.54, 1.807) is 0 Å². The molecule has 32 heavy (non-hydrogen) atoms. The van der Waals surface area contributed by atoms with Gasteiger partial charge in [0.15, 0.2) is 6.20 Å². The van der Waals surface area contributed by atoms with Crippen LogP contribution in [0, 0.1) is 13.8 Å². The van der Waals surface area contributed by atoms with E-state index in [2.05, 4.69) is 98.4 Å². The lowest BCUT2D eigenvalue weighted by molar-refractivity contribution is -0.660. The summed E-state index contributed by atoms with van der Waals surface area (Å²) in [5.41, 5.74) is 13.2. The van der Waals surface area contributed by atoms with Crippen LogP contribution >= 0.6 is 0 Å². The zero-order valence-electron chi connectivity index (χ0n) is 19.2. The summed E-state index contributed by atoms with van der Waals surface area (Å²) >= 11 is 0. The van der Waals surface area contributed by atoms with Crippen molar-refractivity contribution in [2.45, 2.75) is 44.9 Å². The Labute approximate surface area is 190 Å². The maximum absolute atomic E-state index is 5.10. The van der Waals surface area contributed by atoms with Gasteiger partial charge in [0.05, 0.1) is 5.69 Å². The molecule has 2 nitrogen and oxygen atoms in total. The molecule has 2 aliphatic rings. The van der Waals surface area contributed by atoms with Crippen LogP contribution in [0.2, 0.25) is 0 Å². The number of hydrogen-bond donors (Lipinski definition) is 0. The predicted molar refractivity (Wildman–Crippen MR) is 130 cm³/mol. The fraction of sp³-hybridized carbons (Fsp3) is 0.267. The molecule has 2 heterocycles. The van der Waals surface area contributed by atoms with E-state index in [-0.39, 0.29) is 5.41 Å². The number of aryl methyl sites for hydroxylation is 3. The lowest BCUT2D eigenvalue weighted by atomic mass is 9.78. The van der Waals surface area contributed by atoms with Gasteiger partial charge in [0, 0.05) is 34.4 Å². The Morgan fingerprint density at radius 1 is 0.781 bits per heavy atom. The van der Waals surface area contributed by atoms with Gasteiger partial charge in [0.25, 0.3) is 0 Å². The summed E-state index contributed by atoms with van der Waals surface area (Å²) in [6, 6.07) is 24.6. The molecular weight excluding hydrogens is 388 g/mol. The normalized spacial score (nSPS) is 15.7. The van der Waals surface area contributed by atoms with Crippen LogP contribution in [0.4, 0.5) is 0 Å². The summed E-state index contributed by atoms with van der Waals surface area (Å²) < 4.78 is 2.25. The third kappa shape index (κ3) is 2.79. The smallest absolute Gasteiger partial charge is 0.213 e. The van der Waals surface area contributed by atoms with E-state index in [0.29, 0.717) is 0 Å². The van der Waals surface area contributed by atoms with Crippen LogP contribution in [0.25, 0.3) is 33.5 Å². The first-order valence-electron chi connectivity index (χ1n) is 11.8. The van der Waals surface area contributed by atoms with Gasteiger partial charge in [-0.2, -0.15) is 0 Å². The summed E-state index contributed by atoms with van der Waals surface area (Å²) in [4.78, 5) is 5.10. The maximum Gasteiger partial charge on any atom is 0.213 e. The van der Waals surface area contributed by atoms with Crippen molar-refractivity contribution in [3.8, 4) is 33.5 Å². The lowest BCUT2D eigenvalue weighted by Crippen LogP contribution is -2.30. The van der Waals surface area contributed by atoms with Gasteiger partial charge in [-0.05, 0) is 66.6 Å². The van der Waals surface area contributed by atoms with Crippen molar-refractivity contribution in [1.82, 2.24) is 4.98 Å². The third-order valence-corrected chi connectivity index (χ3v) is 7.65. The molecule has 0 aliphatic heterocycles. The predicted octanol–water partition coefficient (Wildman–Crippen LogP) is 6.70. The first-order chi connectivity index (χ1) is 15.6. The summed E-state index contributed by atoms with van der Waals surface area (Å²) in [6.45, 7) is 4.40. The standard InChI is InChI=1S/C30H29N2/c1-20-17-27-26(24-12-11-21(2)31-29(24)30(27)14-7-8-15-30)19-25(20)28-18-23(13-16-32(28)3)22-9-5-4-6-10-22/h4-6,9-13,16-19H,7-8,14-15H2,1-3H3/q+1. The highest BCUT2D eigenvalue weighted by molar-refractivity contribution is 5.85. The number of fused-ring (bicyclic) bond motifs is 5. The quantitative estimate of drug-likeness (QED) is 0.332. The van der Waals surface area contributed by atoms with Gasteiger partial charge in [-0.25, -0.2) is 4.57 Å². The topological polar surface area (TPSA) is 16.8 Å². The van der Waals surface area contributed by atoms with E-state index in [9.17, 15) is 0 Å². The average Bonchev–Trinajstić information content (AvgIpc) is 3.39. The number of aromatic nitrogens is 2. The van der Waals surface area contributed by atoms with Crippen LogP contribution in [0.15, 0.2) is 72.9 Å². The molecule has 0 atom stereocenters. The van der Waals surface area contributed by atoms with Crippen LogP contribution in [0.1, 0.15) is 48.2 Å². The van der Waals surface area contributed by atoms with Crippen LogP contribution in [-0.4, -0.2) is 4.98 Å². The van der Waals surface area contributed by atoms with E-state index < -0.39 is 0 Å². The third-order valence-electron chi connectivity index (χ3n) is 7.65. The van der Waals surface area contributed by atoms with Gasteiger partial charge in [-0.1, -0.05) is 55.3 Å². The lowest BCUT2D eigenvalue weighted by Gasteiger charge is -2.26. The highest BCUT2D eigenvalue weighted by atomic mass is 14.9. The fourth-order valence-corrected chi connectivity index (χ4v) is 6.00. The Kier molecular flexibility index (Phi) is 4.33. The van der Waals surface area contributed by atoms with Crippen LogP contribution in [0.3, 0.4) is 0 Å². The van der Waals surface area contributed by atoms with E-state index in [0.717, 1.165) is 5.69 Å². The van der Waals surface area contributed by atoms with E-state index in [4.69, 9.17) is 4.98 Å². The van der Waals surface area contributed by atoms with Gasteiger partial charge in [0.1, 0.15) is 7.05 Å². The minimum Gasteiger partial charge on any atom is -0.257 e. The van der Waals surface area contributed by atoms with Gasteiger partial charge in [0.2, 0.25) is 5.69 Å². The van der Waals surface area contributed by atoms with E-state index in [1.165, 1.54) is 76.0 Å². The van der Waals surface area contributed by atoms with E-state index >= 15 is 0 Å². The van der Waals surface area contributed by atoms with Gasteiger partial charge < -0.3 is 0 Å². The second-order valence-corrected chi connectivity index (χ2v) is 9.63. The highest BCUT2D eigenvalue weighted by Crippen LogP contribution is 2.57. The molecule has 0 radical (unpaired) electrons. The molecule has 6 rings (SSSR count). The van der Waals surface area contributed by atoms with Gasteiger partial charge in [-0.3, -0.25) is 4.98 Å². The molecule has 1 spiro atoms. The molecule has 2 heteroatoms. The first kappa shape index (κ1) is 19.4. The molecule has 1 fully saturated rings. The van der Waals surface area contributed by atoms with Crippen LogP contribution < -0.4 is 4.57 Å². The Morgan fingerprint density at radius 2 is 1.56 bits per heavy atom. The SMILES string of the molecule is Cc1ccc2c(n1)C1(CCCC1)c1cc(C)c(-c3cc(-c4ccccc4)cc[n+]3C)cc1-2. The van der Waals surface area contributed by atoms with Crippen molar-refractivity contribution in [2.24, 2.45) is 7.05 Å². The minimum absolute atomic E-state index is 0.119. The molecule has 0 N–H and O–H groups in total. The molecule has 1 saturated carbocycles. The molecule has 2 aromatic heterocycles. The second kappa shape index (κ2) is 7.13. The molecular formula is C30H29N2+. The number of pyridine rings is 2. The number of rotatable bonds is 2. The van der Waals surface area contributed by atoms with Crippen molar-refractivity contribution in [3.05, 3.63) is 95.4 Å². The Bertz CT molecular complexity index is 1350. The zero-order chi connectivity index (χ0) is 21.9. The first-order valence-corrected chi connectivity index (χ1v) is 11.8. The maximum atomic E-state index is 5.10. The molecule has 2 aromatic carbocycles. The highest BCUT2D eigenvalue weighted by Gasteiger charge is 2.46. The number of nitrogens with zero attached hydrogens (tertiary/aromatic N) is 2. The average molecular weight is 418 g/mol. The van der Waals surface area contributed by atoms with Crippen molar-refractivity contribution >= 4 is 0 Å².